The summed E-state index contributed by atoms with van der Waals surface area (Å²) in [5, 5.41) is 4.95. The summed E-state index contributed by atoms with van der Waals surface area (Å²) < 4.78 is 5.58. The molecule has 0 radical (unpaired) electrons. The Hall–Kier alpha value is -2.65. The van der Waals surface area contributed by atoms with Gasteiger partial charge in [0.1, 0.15) is 0 Å². The van der Waals surface area contributed by atoms with Gasteiger partial charge in [0.25, 0.3) is 5.91 Å². The Morgan fingerprint density at radius 2 is 1.61 bits per heavy atom. The van der Waals surface area contributed by atoms with E-state index in [1.165, 1.54) is 0 Å². The van der Waals surface area contributed by atoms with Gasteiger partial charge in [-0.25, -0.2) is 0 Å². The van der Waals surface area contributed by atoms with E-state index in [4.69, 9.17) is 4.74 Å². The van der Waals surface area contributed by atoms with Crippen molar-refractivity contribution in [1.29, 1.82) is 0 Å². The average Bonchev–Trinajstić information content (AvgIpc) is 2.61. The zero-order valence-electron chi connectivity index (χ0n) is 12.9. The fourth-order valence-electron chi connectivity index (χ4n) is 2.52. The summed E-state index contributed by atoms with van der Waals surface area (Å²) in [4.78, 5) is 12.3. The van der Waals surface area contributed by atoms with Crippen LogP contribution in [0.3, 0.4) is 0 Å². The predicted octanol–water partition coefficient (Wildman–Crippen LogP) is 3.79. The number of carbonyl (C=O) groups excluding carboxylic acids is 1. The van der Waals surface area contributed by atoms with E-state index in [1.807, 2.05) is 72.8 Å². The largest absolute Gasteiger partial charge is 0.375 e. The molecule has 3 heteroatoms. The van der Waals surface area contributed by atoms with Gasteiger partial charge in [-0.15, -0.1) is 0 Å². The van der Waals surface area contributed by atoms with Crippen molar-refractivity contribution in [3.8, 4) is 0 Å². The van der Waals surface area contributed by atoms with Gasteiger partial charge in [0, 0.05) is 12.1 Å². The molecule has 1 N–H and O–H groups in total. The fourth-order valence-corrected chi connectivity index (χ4v) is 2.52. The fraction of sp³-hybridized carbons (Fsp3) is 0.150. The Morgan fingerprint density at radius 1 is 0.870 bits per heavy atom. The Kier molecular flexibility index (Phi) is 5.02. The van der Waals surface area contributed by atoms with Crippen molar-refractivity contribution in [2.75, 3.05) is 13.2 Å². The summed E-state index contributed by atoms with van der Waals surface area (Å²) in [6, 6.07) is 23.7. The van der Waals surface area contributed by atoms with Crippen LogP contribution < -0.4 is 5.32 Å². The van der Waals surface area contributed by atoms with Gasteiger partial charge < -0.3 is 10.1 Å². The van der Waals surface area contributed by atoms with E-state index in [9.17, 15) is 4.79 Å². The number of hydrogen-bond acceptors (Lipinski definition) is 2. The van der Waals surface area contributed by atoms with Gasteiger partial charge in [0.05, 0.1) is 13.2 Å². The van der Waals surface area contributed by atoms with Crippen LogP contribution in [0.25, 0.3) is 10.8 Å². The maximum Gasteiger partial charge on any atom is 0.251 e. The molecule has 3 rings (SSSR count). The van der Waals surface area contributed by atoms with Gasteiger partial charge in [0.15, 0.2) is 0 Å². The molecule has 0 spiro atoms. The van der Waals surface area contributed by atoms with Gasteiger partial charge in [0.2, 0.25) is 0 Å². The lowest BCUT2D eigenvalue weighted by atomic mass is 10.0. The van der Waals surface area contributed by atoms with Gasteiger partial charge in [-0.05, 0) is 22.4 Å². The molecule has 0 aliphatic rings. The molecular weight excluding hydrogens is 286 g/mol. The van der Waals surface area contributed by atoms with Crippen molar-refractivity contribution in [3.05, 3.63) is 83.9 Å². The normalized spacial score (nSPS) is 10.6. The predicted molar refractivity (Wildman–Crippen MR) is 92.4 cm³/mol. The van der Waals surface area contributed by atoms with Crippen LogP contribution in [-0.4, -0.2) is 19.1 Å². The second-order valence-electron chi connectivity index (χ2n) is 5.32. The lowest BCUT2D eigenvalue weighted by Crippen LogP contribution is -2.27. The van der Waals surface area contributed by atoms with Crippen LogP contribution in [0.15, 0.2) is 72.8 Å². The molecule has 0 saturated carbocycles. The quantitative estimate of drug-likeness (QED) is 0.704. The maximum absolute atomic E-state index is 12.3. The standard InChI is InChI=1S/C20H19NO2/c22-20(19-12-6-10-17-9-4-5-11-18(17)19)21-13-14-23-15-16-7-2-1-3-8-16/h1-12H,13-15H2,(H,21,22). The molecule has 23 heavy (non-hydrogen) atoms. The van der Waals surface area contributed by atoms with Gasteiger partial charge >= 0.3 is 0 Å². The van der Waals surface area contributed by atoms with E-state index >= 15 is 0 Å². The average molecular weight is 305 g/mol. The molecule has 1 amide bonds. The molecule has 0 aromatic heterocycles. The van der Waals surface area contributed by atoms with Crippen molar-refractivity contribution in [2.45, 2.75) is 6.61 Å². The van der Waals surface area contributed by atoms with Crippen LogP contribution in [0.4, 0.5) is 0 Å². The molecule has 3 nitrogen and oxygen atoms in total. The van der Waals surface area contributed by atoms with Crippen LogP contribution in [0.5, 0.6) is 0 Å². The van der Waals surface area contributed by atoms with E-state index < -0.39 is 0 Å². The summed E-state index contributed by atoms with van der Waals surface area (Å²) in [6.07, 6.45) is 0. The third kappa shape index (κ3) is 3.96. The second kappa shape index (κ2) is 7.56. The van der Waals surface area contributed by atoms with Gasteiger partial charge in [-0.3, -0.25) is 4.79 Å². The summed E-state index contributed by atoms with van der Waals surface area (Å²) in [5.41, 5.74) is 1.83. The molecule has 0 atom stereocenters. The molecule has 0 heterocycles. The van der Waals surface area contributed by atoms with Crippen LogP contribution >= 0.6 is 0 Å². The highest BCUT2D eigenvalue weighted by atomic mass is 16.5. The van der Waals surface area contributed by atoms with Crippen LogP contribution in [0.2, 0.25) is 0 Å². The Labute approximate surface area is 135 Å². The highest BCUT2D eigenvalue weighted by Gasteiger charge is 2.08. The molecule has 116 valence electrons. The minimum atomic E-state index is -0.0647. The van der Waals surface area contributed by atoms with Crippen molar-refractivity contribution in [1.82, 2.24) is 5.32 Å². The van der Waals surface area contributed by atoms with Crippen LogP contribution in [0, 0.1) is 0 Å². The monoisotopic (exact) mass is 305 g/mol. The Bertz CT molecular complexity index is 779. The number of ether oxygens (including phenoxy) is 1. The molecule has 0 bridgehead atoms. The molecule has 0 aliphatic carbocycles. The number of carbonyl (C=O) groups is 1. The summed E-state index contributed by atoms with van der Waals surface area (Å²) in [5.74, 6) is -0.0647. The van der Waals surface area contributed by atoms with E-state index in [0.29, 0.717) is 25.3 Å². The van der Waals surface area contributed by atoms with E-state index in [2.05, 4.69) is 5.32 Å². The highest BCUT2D eigenvalue weighted by molar-refractivity contribution is 6.06. The molecule has 0 fully saturated rings. The van der Waals surface area contributed by atoms with E-state index in [1.54, 1.807) is 0 Å². The molecule has 0 aliphatic heterocycles. The molecule has 0 saturated heterocycles. The Morgan fingerprint density at radius 3 is 2.48 bits per heavy atom. The summed E-state index contributed by atoms with van der Waals surface area (Å²) >= 11 is 0. The van der Waals surface area contributed by atoms with Crippen molar-refractivity contribution in [2.24, 2.45) is 0 Å². The first-order valence-electron chi connectivity index (χ1n) is 7.72. The molecular formula is C20H19NO2. The zero-order chi connectivity index (χ0) is 15.9. The van der Waals surface area contributed by atoms with E-state index in [-0.39, 0.29) is 5.91 Å². The number of rotatable bonds is 6. The number of amides is 1. The molecule has 3 aromatic rings. The van der Waals surface area contributed by atoms with Crippen molar-refractivity contribution < 1.29 is 9.53 Å². The van der Waals surface area contributed by atoms with Crippen molar-refractivity contribution >= 4 is 16.7 Å². The SMILES string of the molecule is O=C(NCCOCc1ccccc1)c1cccc2ccccc12. The first-order valence-corrected chi connectivity index (χ1v) is 7.72. The van der Waals surface area contributed by atoms with Gasteiger partial charge in [-0.2, -0.15) is 0 Å². The lowest BCUT2D eigenvalue weighted by molar-refractivity contribution is 0.0902. The van der Waals surface area contributed by atoms with E-state index in [0.717, 1.165) is 16.3 Å². The van der Waals surface area contributed by atoms with Gasteiger partial charge in [-0.1, -0.05) is 66.7 Å². The first-order chi connectivity index (χ1) is 11.3. The molecule has 0 unspecified atom stereocenters. The number of benzene rings is 3. The second-order valence-corrected chi connectivity index (χ2v) is 5.32. The summed E-state index contributed by atoms with van der Waals surface area (Å²) in [6.45, 7) is 1.55. The maximum atomic E-state index is 12.3. The first kappa shape index (κ1) is 15.3. The smallest absolute Gasteiger partial charge is 0.251 e. The van der Waals surface area contributed by atoms with Crippen LogP contribution in [0.1, 0.15) is 15.9 Å². The number of fused-ring (bicyclic) bond motifs is 1. The van der Waals surface area contributed by atoms with Crippen molar-refractivity contribution in [3.63, 3.8) is 0 Å². The third-order valence-electron chi connectivity index (χ3n) is 3.68. The highest BCUT2D eigenvalue weighted by Crippen LogP contribution is 2.18. The van der Waals surface area contributed by atoms with Crippen LogP contribution in [-0.2, 0) is 11.3 Å². The topological polar surface area (TPSA) is 38.3 Å². The Balaban J connectivity index is 1.51. The summed E-state index contributed by atoms with van der Waals surface area (Å²) in [7, 11) is 0. The molecule has 3 aromatic carbocycles. The minimum absolute atomic E-state index is 0.0647. The lowest BCUT2D eigenvalue weighted by Gasteiger charge is -2.09. The number of nitrogens with one attached hydrogen (secondary N) is 1. The number of hydrogen-bond donors (Lipinski definition) is 1. The third-order valence-corrected chi connectivity index (χ3v) is 3.68. The zero-order valence-corrected chi connectivity index (χ0v) is 12.9. The minimum Gasteiger partial charge on any atom is -0.375 e.